The van der Waals surface area contributed by atoms with Crippen LogP contribution in [0, 0.1) is 0 Å². The zero-order chi connectivity index (χ0) is 21.3. The Balaban J connectivity index is 1.41. The molecule has 0 spiro atoms. The summed E-state index contributed by atoms with van der Waals surface area (Å²) in [5.74, 6) is 1.56. The van der Waals surface area contributed by atoms with Crippen LogP contribution in [0.1, 0.15) is 5.56 Å². The lowest BCUT2D eigenvalue weighted by atomic mass is 10.3. The summed E-state index contributed by atoms with van der Waals surface area (Å²) >= 11 is 0. The first-order valence-corrected chi connectivity index (χ1v) is 10.6. The van der Waals surface area contributed by atoms with Gasteiger partial charge in [-0.3, -0.25) is 9.88 Å². The number of hydrogen-bond acceptors (Lipinski definition) is 9. The van der Waals surface area contributed by atoms with Gasteiger partial charge in [-0.2, -0.15) is 15.0 Å². The normalized spacial score (nSPS) is 14.9. The number of nitrogens with zero attached hydrogens (tertiary/aromatic N) is 6. The molecule has 0 atom stereocenters. The van der Waals surface area contributed by atoms with E-state index in [0.717, 1.165) is 50.5 Å². The van der Waals surface area contributed by atoms with Gasteiger partial charge in [0, 0.05) is 63.9 Å². The third-order valence-electron chi connectivity index (χ3n) is 5.15. The molecule has 3 N–H and O–H groups in total. The molecule has 31 heavy (non-hydrogen) atoms. The number of likely N-dealkylation sites (N-methyl/N-ethyl adjacent to an activating group) is 1. The summed E-state index contributed by atoms with van der Waals surface area (Å²) in [7, 11) is 2.17. The van der Waals surface area contributed by atoms with Gasteiger partial charge in [0.15, 0.2) is 0 Å². The highest BCUT2D eigenvalue weighted by Gasteiger charge is 2.13. The number of para-hydroxylation sites is 1. The van der Waals surface area contributed by atoms with E-state index in [9.17, 15) is 0 Å². The van der Waals surface area contributed by atoms with Crippen LogP contribution in [0.15, 0.2) is 54.9 Å². The molecule has 1 saturated heterocycles. The molecule has 1 aliphatic heterocycles. The molecule has 0 aliphatic carbocycles. The molecule has 0 amide bonds. The van der Waals surface area contributed by atoms with Crippen molar-refractivity contribution in [3.63, 3.8) is 0 Å². The first-order valence-electron chi connectivity index (χ1n) is 10.6. The lowest BCUT2D eigenvalue weighted by Crippen LogP contribution is -2.45. The van der Waals surface area contributed by atoms with Gasteiger partial charge in [-0.05, 0) is 30.8 Å². The van der Waals surface area contributed by atoms with Crippen LogP contribution in [0.4, 0.5) is 23.5 Å². The number of anilines is 4. The summed E-state index contributed by atoms with van der Waals surface area (Å²) in [5.41, 5.74) is 1.99. The van der Waals surface area contributed by atoms with E-state index in [-0.39, 0.29) is 0 Å². The summed E-state index contributed by atoms with van der Waals surface area (Å²) in [4.78, 5) is 22.6. The molecule has 3 aromatic rings. The predicted octanol–water partition coefficient (Wildman–Crippen LogP) is 2.28. The molecule has 2 aromatic heterocycles. The maximum atomic E-state index is 4.55. The Bertz CT molecular complexity index is 928. The van der Waals surface area contributed by atoms with Crippen molar-refractivity contribution < 1.29 is 0 Å². The van der Waals surface area contributed by atoms with Crippen LogP contribution in [0.2, 0.25) is 0 Å². The summed E-state index contributed by atoms with van der Waals surface area (Å²) in [6, 6.07) is 13.8. The van der Waals surface area contributed by atoms with E-state index in [1.54, 1.807) is 6.20 Å². The minimum Gasteiger partial charge on any atom is -0.353 e. The molecule has 0 bridgehead atoms. The van der Waals surface area contributed by atoms with Gasteiger partial charge in [0.25, 0.3) is 0 Å². The van der Waals surface area contributed by atoms with Crippen LogP contribution < -0.4 is 16.0 Å². The van der Waals surface area contributed by atoms with E-state index in [1.807, 2.05) is 48.7 Å². The molecule has 3 heterocycles. The van der Waals surface area contributed by atoms with Gasteiger partial charge >= 0.3 is 0 Å². The Hall–Kier alpha value is -3.30. The molecule has 9 heteroatoms. The number of piperazine rings is 1. The SMILES string of the molecule is CN1CCN(CCNc2nc(NCc3cccnc3)nc(Nc3ccccc3)n2)CC1. The van der Waals surface area contributed by atoms with Crippen molar-refractivity contribution >= 4 is 23.5 Å². The molecule has 9 nitrogen and oxygen atoms in total. The minimum absolute atomic E-state index is 0.497. The Labute approximate surface area is 183 Å². The highest BCUT2D eigenvalue weighted by atomic mass is 15.3. The van der Waals surface area contributed by atoms with Crippen molar-refractivity contribution in [2.24, 2.45) is 0 Å². The van der Waals surface area contributed by atoms with Crippen LogP contribution in [0.3, 0.4) is 0 Å². The fourth-order valence-electron chi connectivity index (χ4n) is 3.32. The Morgan fingerprint density at radius 3 is 2.32 bits per heavy atom. The van der Waals surface area contributed by atoms with Crippen LogP contribution >= 0.6 is 0 Å². The third-order valence-corrected chi connectivity index (χ3v) is 5.15. The smallest absolute Gasteiger partial charge is 0.233 e. The highest BCUT2D eigenvalue weighted by molar-refractivity contribution is 5.55. The van der Waals surface area contributed by atoms with E-state index >= 15 is 0 Å². The summed E-state index contributed by atoms with van der Waals surface area (Å²) < 4.78 is 0. The second-order valence-electron chi connectivity index (χ2n) is 7.58. The fourth-order valence-corrected chi connectivity index (χ4v) is 3.32. The standard InChI is InChI=1S/C22H29N9/c1-30-12-14-31(15-13-30)11-10-24-20-27-21(25-17-18-6-5-9-23-16-18)29-22(28-20)26-19-7-3-2-4-8-19/h2-9,16H,10-15,17H2,1H3,(H3,24,25,26,27,28,29). The highest BCUT2D eigenvalue weighted by Crippen LogP contribution is 2.16. The van der Waals surface area contributed by atoms with Gasteiger partial charge in [-0.15, -0.1) is 0 Å². The first kappa shape index (κ1) is 21.0. The van der Waals surface area contributed by atoms with Crippen molar-refractivity contribution in [2.45, 2.75) is 6.54 Å². The molecule has 0 unspecified atom stereocenters. The Kier molecular flexibility index (Phi) is 7.20. The summed E-state index contributed by atoms with van der Waals surface area (Å²) in [6.45, 7) is 6.73. The average Bonchev–Trinajstić information content (AvgIpc) is 2.80. The van der Waals surface area contributed by atoms with Crippen molar-refractivity contribution in [1.82, 2.24) is 29.7 Å². The van der Waals surface area contributed by atoms with Crippen LogP contribution in [0.5, 0.6) is 0 Å². The maximum absolute atomic E-state index is 4.55. The molecular weight excluding hydrogens is 390 g/mol. The molecule has 1 aliphatic rings. The first-order chi connectivity index (χ1) is 15.2. The van der Waals surface area contributed by atoms with Crippen LogP contribution in [-0.4, -0.2) is 76.1 Å². The quantitative estimate of drug-likeness (QED) is 0.483. The molecule has 162 valence electrons. The Morgan fingerprint density at radius 1 is 0.839 bits per heavy atom. The van der Waals surface area contributed by atoms with Gasteiger partial charge in [0.1, 0.15) is 0 Å². The number of hydrogen-bond donors (Lipinski definition) is 3. The lowest BCUT2D eigenvalue weighted by molar-refractivity contribution is 0.158. The van der Waals surface area contributed by atoms with Gasteiger partial charge in [-0.1, -0.05) is 24.3 Å². The van der Waals surface area contributed by atoms with E-state index in [2.05, 4.69) is 52.7 Å². The van der Waals surface area contributed by atoms with Crippen molar-refractivity contribution in [2.75, 3.05) is 62.3 Å². The fraction of sp³-hybridized carbons (Fsp3) is 0.364. The zero-order valence-electron chi connectivity index (χ0n) is 17.8. The lowest BCUT2D eigenvalue weighted by Gasteiger charge is -2.32. The van der Waals surface area contributed by atoms with Gasteiger partial charge in [-0.25, -0.2) is 0 Å². The van der Waals surface area contributed by atoms with Crippen LogP contribution in [-0.2, 0) is 6.54 Å². The minimum atomic E-state index is 0.497. The topological polar surface area (TPSA) is 94.1 Å². The molecule has 1 fully saturated rings. The van der Waals surface area contributed by atoms with Gasteiger partial charge < -0.3 is 20.9 Å². The van der Waals surface area contributed by atoms with E-state index in [4.69, 9.17) is 0 Å². The van der Waals surface area contributed by atoms with Crippen LogP contribution in [0.25, 0.3) is 0 Å². The van der Waals surface area contributed by atoms with Gasteiger partial charge in [0.05, 0.1) is 0 Å². The summed E-state index contributed by atoms with van der Waals surface area (Å²) in [5, 5.41) is 9.89. The predicted molar refractivity (Wildman–Crippen MR) is 124 cm³/mol. The number of aromatic nitrogens is 4. The van der Waals surface area contributed by atoms with E-state index in [1.165, 1.54) is 0 Å². The number of rotatable bonds is 9. The Morgan fingerprint density at radius 2 is 1.58 bits per heavy atom. The largest absolute Gasteiger partial charge is 0.353 e. The van der Waals surface area contributed by atoms with E-state index < -0.39 is 0 Å². The second-order valence-corrected chi connectivity index (χ2v) is 7.58. The third kappa shape index (κ3) is 6.59. The van der Waals surface area contributed by atoms with E-state index in [0.29, 0.717) is 24.4 Å². The van der Waals surface area contributed by atoms with Crippen molar-refractivity contribution in [3.05, 3.63) is 60.4 Å². The van der Waals surface area contributed by atoms with Crippen molar-refractivity contribution in [3.8, 4) is 0 Å². The number of nitrogens with one attached hydrogen (secondary N) is 3. The molecule has 0 radical (unpaired) electrons. The molecule has 1 aromatic carbocycles. The number of benzene rings is 1. The molecule has 0 saturated carbocycles. The molecular formula is C22H29N9. The second kappa shape index (κ2) is 10.6. The van der Waals surface area contributed by atoms with Gasteiger partial charge in [0.2, 0.25) is 17.8 Å². The maximum Gasteiger partial charge on any atom is 0.233 e. The number of pyridine rings is 1. The van der Waals surface area contributed by atoms with Crippen molar-refractivity contribution in [1.29, 1.82) is 0 Å². The summed E-state index contributed by atoms with van der Waals surface area (Å²) in [6.07, 6.45) is 3.59. The monoisotopic (exact) mass is 419 g/mol. The zero-order valence-corrected chi connectivity index (χ0v) is 17.8. The molecule has 4 rings (SSSR count). The average molecular weight is 420 g/mol.